The summed E-state index contributed by atoms with van der Waals surface area (Å²) in [5.41, 5.74) is 3.81. The van der Waals surface area contributed by atoms with Crippen LogP contribution >= 0.6 is 12.4 Å². The molecule has 138 valence electrons. The number of fused-ring (bicyclic) bond motifs is 2. The van der Waals surface area contributed by atoms with Crippen LogP contribution in [0.2, 0.25) is 0 Å². The first-order valence-electron chi connectivity index (χ1n) is 8.35. The molecule has 10 heteroatoms. The molecular weight excluding hydrogens is 368 g/mol. The number of H-pyrrole nitrogens is 2. The molecule has 4 N–H and O–H groups in total. The third-order valence-corrected chi connectivity index (χ3v) is 4.51. The number of benzene rings is 1. The van der Waals surface area contributed by atoms with Crippen molar-refractivity contribution in [2.45, 2.75) is 13.0 Å². The lowest BCUT2D eigenvalue weighted by Crippen LogP contribution is -2.23. The smallest absolute Gasteiger partial charge is 0.275 e. The number of anilines is 2. The Bertz CT molecular complexity index is 1150. The van der Waals surface area contributed by atoms with Crippen LogP contribution in [0.4, 0.5) is 11.6 Å². The van der Waals surface area contributed by atoms with Crippen molar-refractivity contribution >= 4 is 35.1 Å². The van der Waals surface area contributed by atoms with Crippen LogP contribution in [-0.2, 0) is 13.0 Å². The first-order chi connectivity index (χ1) is 12.8. The van der Waals surface area contributed by atoms with Gasteiger partial charge in [0.1, 0.15) is 11.2 Å². The highest BCUT2D eigenvalue weighted by Gasteiger charge is 2.13. The lowest BCUT2D eigenvalue weighted by Gasteiger charge is -2.18. The zero-order valence-electron chi connectivity index (χ0n) is 14.2. The summed E-state index contributed by atoms with van der Waals surface area (Å²) in [4.78, 5) is 20.9. The molecule has 0 amide bonds. The van der Waals surface area contributed by atoms with Crippen LogP contribution in [-0.4, -0.2) is 36.5 Å². The van der Waals surface area contributed by atoms with Gasteiger partial charge in [0.15, 0.2) is 5.65 Å². The van der Waals surface area contributed by atoms with Gasteiger partial charge in [-0.1, -0.05) is 6.07 Å². The van der Waals surface area contributed by atoms with E-state index in [-0.39, 0.29) is 18.0 Å². The van der Waals surface area contributed by atoms with Crippen LogP contribution in [0.3, 0.4) is 0 Å². The van der Waals surface area contributed by atoms with Crippen LogP contribution < -0.4 is 16.2 Å². The van der Waals surface area contributed by atoms with E-state index in [1.54, 1.807) is 16.9 Å². The Morgan fingerprint density at radius 3 is 2.96 bits per heavy atom. The van der Waals surface area contributed by atoms with Crippen LogP contribution in [0, 0.1) is 0 Å². The van der Waals surface area contributed by atoms with E-state index in [0.29, 0.717) is 22.8 Å². The fraction of sp³-hybridized carbons (Fsp3) is 0.176. The molecule has 9 nitrogen and oxygen atoms in total. The van der Waals surface area contributed by atoms with E-state index in [4.69, 9.17) is 0 Å². The van der Waals surface area contributed by atoms with Gasteiger partial charge in [0.2, 0.25) is 5.95 Å². The number of nitrogens with zero attached hydrogens (tertiary/aromatic N) is 4. The van der Waals surface area contributed by atoms with E-state index in [0.717, 1.165) is 25.2 Å². The lowest BCUT2D eigenvalue weighted by atomic mass is 10.0. The van der Waals surface area contributed by atoms with Crippen molar-refractivity contribution in [1.82, 2.24) is 35.3 Å². The maximum Gasteiger partial charge on any atom is 0.275 e. The Kier molecular flexibility index (Phi) is 4.38. The highest BCUT2D eigenvalue weighted by atomic mass is 35.5. The third-order valence-electron chi connectivity index (χ3n) is 4.51. The first-order valence-corrected chi connectivity index (χ1v) is 8.35. The van der Waals surface area contributed by atoms with E-state index >= 15 is 0 Å². The summed E-state index contributed by atoms with van der Waals surface area (Å²) in [5.74, 6) is 1.06. The highest BCUT2D eigenvalue weighted by molar-refractivity contribution is 5.85. The predicted octanol–water partition coefficient (Wildman–Crippen LogP) is 1.64. The van der Waals surface area contributed by atoms with Gasteiger partial charge in [0.25, 0.3) is 5.56 Å². The summed E-state index contributed by atoms with van der Waals surface area (Å²) in [6, 6.07) is 8.00. The van der Waals surface area contributed by atoms with Crippen molar-refractivity contribution in [2.24, 2.45) is 0 Å². The fourth-order valence-corrected chi connectivity index (χ4v) is 3.21. The Hall–Kier alpha value is -3.17. The van der Waals surface area contributed by atoms with Gasteiger partial charge < -0.3 is 10.6 Å². The van der Waals surface area contributed by atoms with E-state index in [1.807, 2.05) is 6.07 Å². The number of rotatable bonds is 3. The molecule has 27 heavy (non-hydrogen) atoms. The van der Waals surface area contributed by atoms with Crippen molar-refractivity contribution in [3.05, 3.63) is 58.1 Å². The average molecular weight is 385 g/mol. The molecule has 4 heterocycles. The highest BCUT2D eigenvalue weighted by Crippen LogP contribution is 2.21. The second-order valence-corrected chi connectivity index (χ2v) is 6.18. The standard InChI is InChI=1S/C17H16N8O.ClH/c26-16-13-9-19-17(22-15(13)25(24-16)14-4-6-20-23-14)21-12-2-1-11-8-18-5-3-10(11)7-12;/h1-2,4,6-7,9,18H,3,5,8H2,(H,20,23)(H,24,26)(H,19,21,22);1H. The van der Waals surface area contributed by atoms with Gasteiger partial charge in [-0.3, -0.25) is 15.0 Å². The van der Waals surface area contributed by atoms with Gasteiger partial charge in [-0.2, -0.15) is 10.1 Å². The largest absolute Gasteiger partial charge is 0.324 e. The van der Waals surface area contributed by atoms with E-state index in [2.05, 4.69) is 48.0 Å². The molecule has 0 unspecified atom stereocenters. The summed E-state index contributed by atoms with van der Waals surface area (Å²) in [6.07, 6.45) is 4.14. The van der Waals surface area contributed by atoms with Crippen molar-refractivity contribution in [2.75, 3.05) is 11.9 Å². The Morgan fingerprint density at radius 2 is 2.11 bits per heavy atom. The zero-order chi connectivity index (χ0) is 17.5. The van der Waals surface area contributed by atoms with E-state index in [9.17, 15) is 4.79 Å². The number of nitrogens with one attached hydrogen (secondary N) is 4. The van der Waals surface area contributed by atoms with Crippen molar-refractivity contribution < 1.29 is 0 Å². The quantitative estimate of drug-likeness (QED) is 0.426. The SMILES string of the molecule is Cl.O=c1[nH]n(-c2ccn[nH]2)c2nc(Nc3ccc4c(c3)CCNC4)ncc12. The molecule has 0 bridgehead atoms. The summed E-state index contributed by atoms with van der Waals surface area (Å²) >= 11 is 0. The molecule has 0 saturated heterocycles. The molecule has 0 spiro atoms. The summed E-state index contributed by atoms with van der Waals surface area (Å²) < 4.78 is 1.57. The van der Waals surface area contributed by atoms with Crippen molar-refractivity contribution in [3.63, 3.8) is 0 Å². The van der Waals surface area contributed by atoms with Gasteiger partial charge in [-0.15, -0.1) is 12.4 Å². The Morgan fingerprint density at radius 1 is 1.19 bits per heavy atom. The molecule has 1 aliphatic rings. The Labute approximate surface area is 159 Å². The maximum absolute atomic E-state index is 12.1. The predicted molar refractivity (Wildman–Crippen MR) is 104 cm³/mol. The van der Waals surface area contributed by atoms with E-state index < -0.39 is 0 Å². The minimum atomic E-state index is -0.248. The number of aromatic nitrogens is 6. The summed E-state index contributed by atoms with van der Waals surface area (Å²) in [5, 5.41) is 16.5. The van der Waals surface area contributed by atoms with Crippen LogP contribution in [0.1, 0.15) is 11.1 Å². The monoisotopic (exact) mass is 384 g/mol. The second kappa shape index (κ2) is 6.86. The average Bonchev–Trinajstić information content (AvgIpc) is 3.30. The van der Waals surface area contributed by atoms with Crippen LogP contribution in [0.5, 0.6) is 0 Å². The Balaban J connectivity index is 0.00000180. The van der Waals surface area contributed by atoms with Crippen LogP contribution in [0.25, 0.3) is 16.9 Å². The normalized spacial score (nSPS) is 13.2. The van der Waals surface area contributed by atoms with E-state index in [1.165, 1.54) is 17.3 Å². The zero-order valence-corrected chi connectivity index (χ0v) is 15.0. The van der Waals surface area contributed by atoms with Gasteiger partial charge in [0, 0.05) is 24.5 Å². The molecule has 0 radical (unpaired) electrons. The van der Waals surface area contributed by atoms with Gasteiger partial charge >= 0.3 is 0 Å². The fourth-order valence-electron chi connectivity index (χ4n) is 3.21. The molecule has 5 rings (SSSR count). The van der Waals surface area contributed by atoms with Gasteiger partial charge in [0.05, 0.1) is 6.20 Å². The number of hydrogen-bond donors (Lipinski definition) is 4. The molecule has 0 fully saturated rings. The number of halogens is 1. The molecule has 0 saturated carbocycles. The number of aromatic amines is 2. The molecule has 1 aliphatic heterocycles. The van der Waals surface area contributed by atoms with Crippen LogP contribution in [0.15, 0.2) is 41.5 Å². The third kappa shape index (κ3) is 3.07. The van der Waals surface area contributed by atoms with Crippen molar-refractivity contribution in [3.8, 4) is 5.82 Å². The molecule has 0 atom stereocenters. The molecule has 3 aromatic heterocycles. The lowest BCUT2D eigenvalue weighted by molar-refractivity contribution is 0.644. The van der Waals surface area contributed by atoms with Crippen molar-refractivity contribution in [1.29, 1.82) is 0 Å². The molecule has 4 aromatic rings. The topological polar surface area (TPSA) is 116 Å². The van der Waals surface area contributed by atoms with Gasteiger partial charge in [-0.05, 0) is 36.2 Å². The van der Waals surface area contributed by atoms with Gasteiger partial charge in [-0.25, -0.2) is 9.67 Å². The summed E-state index contributed by atoms with van der Waals surface area (Å²) in [6.45, 7) is 1.89. The second-order valence-electron chi connectivity index (χ2n) is 6.18. The maximum atomic E-state index is 12.1. The molecule has 0 aliphatic carbocycles. The first kappa shape index (κ1) is 17.3. The minimum absolute atomic E-state index is 0. The summed E-state index contributed by atoms with van der Waals surface area (Å²) in [7, 11) is 0. The minimum Gasteiger partial charge on any atom is -0.324 e. The molecular formula is C17H17ClN8O. The number of hydrogen-bond acceptors (Lipinski definition) is 6. The molecule has 1 aromatic carbocycles.